The van der Waals surface area contributed by atoms with E-state index in [9.17, 15) is 0 Å². The normalized spacial score (nSPS) is 25.7. The number of aryl methyl sites for hydroxylation is 1. The molecule has 1 aromatic rings. The Labute approximate surface area is 122 Å². The maximum Gasteiger partial charge on any atom is 0.0704 e. The fourth-order valence-electron chi connectivity index (χ4n) is 3.43. The molecule has 1 unspecified atom stereocenters. The Kier molecular flexibility index (Phi) is 4.42. The van der Waals surface area contributed by atoms with E-state index in [1.807, 2.05) is 11.3 Å². The van der Waals surface area contributed by atoms with Crippen LogP contribution in [0.15, 0.2) is 9.85 Å². The van der Waals surface area contributed by atoms with Crippen LogP contribution in [-0.2, 0) is 6.42 Å². The van der Waals surface area contributed by atoms with Crippen molar-refractivity contribution in [3.05, 3.63) is 20.3 Å². The van der Waals surface area contributed by atoms with E-state index in [1.54, 1.807) is 10.4 Å². The molecule has 1 saturated carbocycles. The molecule has 1 nitrogen and oxygen atoms in total. The monoisotopic (exact) mass is 327 g/mol. The molecule has 0 radical (unpaired) electrons. The van der Waals surface area contributed by atoms with E-state index in [0.717, 1.165) is 6.04 Å². The van der Waals surface area contributed by atoms with Gasteiger partial charge >= 0.3 is 0 Å². The molecule has 1 heterocycles. The maximum atomic E-state index is 3.95. The zero-order chi connectivity index (χ0) is 12.4. The van der Waals surface area contributed by atoms with Gasteiger partial charge in [0.05, 0.1) is 3.79 Å². The van der Waals surface area contributed by atoms with Gasteiger partial charge in [0, 0.05) is 17.0 Å². The highest BCUT2D eigenvalue weighted by Crippen LogP contribution is 2.38. The minimum Gasteiger partial charge on any atom is -0.307 e. The fourth-order valence-corrected chi connectivity index (χ4v) is 5.24. The maximum absolute atomic E-state index is 3.95. The number of hydrogen-bond donors (Lipinski definition) is 1. The molecule has 3 rings (SSSR count). The van der Waals surface area contributed by atoms with Gasteiger partial charge in [0.15, 0.2) is 0 Å². The zero-order valence-electron chi connectivity index (χ0n) is 10.9. The molecule has 0 bridgehead atoms. The van der Waals surface area contributed by atoms with Gasteiger partial charge in [-0.1, -0.05) is 25.7 Å². The van der Waals surface area contributed by atoms with Crippen LogP contribution in [0.4, 0.5) is 0 Å². The van der Waals surface area contributed by atoms with Crippen molar-refractivity contribution in [1.82, 2.24) is 5.32 Å². The molecule has 1 N–H and O–H groups in total. The molecule has 2 aliphatic carbocycles. The Morgan fingerprint density at radius 2 is 1.83 bits per heavy atom. The summed E-state index contributed by atoms with van der Waals surface area (Å²) >= 11 is 5.59. The first-order chi connectivity index (χ1) is 8.83. The molecule has 18 heavy (non-hydrogen) atoms. The van der Waals surface area contributed by atoms with Gasteiger partial charge in [0.25, 0.3) is 0 Å². The van der Waals surface area contributed by atoms with Gasteiger partial charge in [0.2, 0.25) is 0 Å². The summed E-state index contributed by atoms with van der Waals surface area (Å²) in [7, 11) is 0. The third-order valence-electron chi connectivity index (χ3n) is 4.38. The highest BCUT2D eigenvalue weighted by molar-refractivity contribution is 9.11. The number of halogens is 1. The molecule has 100 valence electrons. The smallest absolute Gasteiger partial charge is 0.0704 e. The lowest BCUT2D eigenvalue weighted by Gasteiger charge is -2.28. The van der Waals surface area contributed by atoms with Crippen LogP contribution in [0.2, 0.25) is 0 Å². The van der Waals surface area contributed by atoms with E-state index < -0.39 is 0 Å². The number of fused-ring (bicyclic) bond motifs is 1. The Bertz CT molecular complexity index is 393. The van der Waals surface area contributed by atoms with Gasteiger partial charge in [-0.15, -0.1) is 11.3 Å². The molecule has 1 aromatic heterocycles. The first-order valence-corrected chi connectivity index (χ1v) is 8.98. The van der Waals surface area contributed by atoms with Crippen molar-refractivity contribution in [2.45, 2.75) is 69.9 Å². The highest BCUT2D eigenvalue weighted by Gasteiger charge is 2.25. The second-order valence-corrected chi connectivity index (χ2v) is 8.24. The van der Waals surface area contributed by atoms with E-state index in [-0.39, 0.29) is 0 Å². The van der Waals surface area contributed by atoms with Gasteiger partial charge in [-0.25, -0.2) is 0 Å². The summed E-state index contributed by atoms with van der Waals surface area (Å²) in [5.41, 5.74) is 1.59. The summed E-state index contributed by atoms with van der Waals surface area (Å²) < 4.78 is 1.31. The van der Waals surface area contributed by atoms with Crippen LogP contribution in [-0.4, -0.2) is 6.04 Å². The number of rotatable bonds is 2. The molecule has 0 spiro atoms. The summed E-state index contributed by atoms with van der Waals surface area (Å²) in [6, 6.07) is 3.74. The minimum absolute atomic E-state index is 0.624. The SMILES string of the molecule is Brc1cc2c(s1)CCCC2NC1CCCCCC1. The third-order valence-corrected chi connectivity index (χ3v) is 6.09. The number of nitrogens with one attached hydrogen (secondary N) is 1. The van der Waals surface area contributed by atoms with Gasteiger partial charge in [-0.2, -0.15) is 0 Å². The van der Waals surface area contributed by atoms with Crippen molar-refractivity contribution in [2.24, 2.45) is 0 Å². The van der Waals surface area contributed by atoms with E-state index in [4.69, 9.17) is 0 Å². The number of hydrogen-bond acceptors (Lipinski definition) is 2. The molecular weight excluding hydrogens is 306 g/mol. The molecule has 0 aliphatic heterocycles. The molecule has 1 fully saturated rings. The van der Waals surface area contributed by atoms with Crippen LogP contribution in [0.1, 0.15) is 67.8 Å². The lowest BCUT2D eigenvalue weighted by molar-refractivity contribution is 0.369. The van der Waals surface area contributed by atoms with E-state index >= 15 is 0 Å². The second kappa shape index (κ2) is 6.06. The van der Waals surface area contributed by atoms with Crippen LogP contribution in [0.5, 0.6) is 0 Å². The topological polar surface area (TPSA) is 12.0 Å². The van der Waals surface area contributed by atoms with Crippen molar-refractivity contribution in [1.29, 1.82) is 0 Å². The average molecular weight is 328 g/mol. The van der Waals surface area contributed by atoms with Gasteiger partial charge in [0.1, 0.15) is 0 Å². The highest BCUT2D eigenvalue weighted by atomic mass is 79.9. The summed E-state index contributed by atoms with van der Waals surface area (Å²) in [6.45, 7) is 0. The van der Waals surface area contributed by atoms with Crippen molar-refractivity contribution < 1.29 is 0 Å². The van der Waals surface area contributed by atoms with Gasteiger partial charge < -0.3 is 5.32 Å². The van der Waals surface area contributed by atoms with Gasteiger partial charge in [-0.05, 0) is 59.7 Å². The van der Waals surface area contributed by atoms with Crippen LogP contribution < -0.4 is 5.32 Å². The van der Waals surface area contributed by atoms with Crippen LogP contribution >= 0.6 is 27.3 Å². The summed E-state index contributed by atoms with van der Waals surface area (Å²) in [6.07, 6.45) is 12.5. The second-order valence-electron chi connectivity index (χ2n) is 5.73. The first-order valence-electron chi connectivity index (χ1n) is 7.37. The molecule has 0 saturated heterocycles. The third kappa shape index (κ3) is 3.00. The minimum atomic E-state index is 0.624. The van der Waals surface area contributed by atoms with E-state index in [2.05, 4.69) is 27.3 Å². The molecule has 1 atom stereocenters. The molecule has 0 amide bonds. The standard InChI is InChI=1S/C15H22BrNS/c16-15-10-12-13(8-5-9-14(12)18-15)17-11-6-3-1-2-4-7-11/h10-11,13,17H,1-9H2. The zero-order valence-corrected chi connectivity index (χ0v) is 13.3. The Hall–Kier alpha value is 0.140. The lowest BCUT2D eigenvalue weighted by Crippen LogP contribution is -2.33. The van der Waals surface area contributed by atoms with Crippen molar-refractivity contribution in [2.75, 3.05) is 0 Å². The van der Waals surface area contributed by atoms with Crippen molar-refractivity contribution in [3.8, 4) is 0 Å². The van der Waals surface area contributed by atoms with E-state index in [0.29, 0.717) is 6.04 Å². The quantitative estimate of drug-likeness (QED) is 0.736. The first kappa shape index (κ1) is 13.1. The van der Waals surface area contributed by atoms with E-state index in [1.165, 1.54) is 61.6 Å². The fraction of sp³-hybridized carbons (Fsp3) is 0.733. The Balaban J connectivity index is 1.69. The van der Waals surface area contributed by atoms with Crippen LogP contribution in [0, 0.1) is 0 Å². The largest absolute Gasteiger partial charge is 0.307 e. The number of thiophene rings is 1. The predicted octanol–water partition coefficient (Wildman–Crippen LogP) is 5.20. The summed E-state index contributed by atoms with van der Waals surface area (Å²) in [5.74, 6) is 0. The Morgan fingerprint density at radius 1 is 1.06 bits per heavy atom. The lowest BCUT2D eigenvalue weighted by atomic mass is 9.92. The van der Waals surface area contributed by atoms with Gasteiger partial charge in [-0.3, -0.25) is 0 Å². The molecule has 3 heteroatoms. The summed E-state index contributed by atoms with van der Waals surface area (Å²) in [5, 5.41) is 3.95. The average Bonchev–Trinajstić information content (AvgIpc) is 2.58. The molecule has 0 aromatic carbocycles. The Morgan fingerprint density at radius 3 is 2.61 bits per heavy atom. The van der Waals surface area contributed by atoms with Crippen LogP contribution in [0.3, 0.4) is 0 Å². The molecular formula is C15H22BrNS. The predicted molar refractivity (Wildman–Crippen MR) is 82.3 cm³/mol. The van der Waals surface area contributed by atoms with Crippen molar-refractivity contribution >= 4 is 27.3 Å². The van der Waals surface area contributed by atoms with Crippen LogP contribution in [0.25, 0.3) is 0 Å². The summed E-state index contributed by atoms with van der Waals surface area (Å²) in [4.78, 5) is 1.61. The van der Waals surface area contributed by atoms with Crippen molar-refractivity contribution in [3.63, 3.8) is 0 Å². The molecule has 2 aliphatic rings.